The summed E-state index contributed by atoms with van der Waals surface area (Å²) in [7, 11) is 0. The van der Waals surface area contributed by atoms with E-state index in [9.17, 15) is 30.7 Å². The number of alkyl halides is 6. The van der Waals surface area contributed by atoms with Gasteiger partial charge in [0.25, 0.3) is 0 Å². The molecule has 184 valence electrons. The van der Waals surface area contributed by atoms with E-state index in [1.54, 1.807) is 0 Å². The Kier molecular flexibility index (Phi) is 9.17. The number of halogens is 7. The average molecular weight is 490 g/mol. The molecule has 3 rings (SSSR count). The van der Waals surface area contributed by atoms with Crippen molar-refractivity contribution in [2.75, 3.05) is 6.61 Å². The van der Waals surface area contributed by atoms with Gasteiger partial charge < -0.3 is 14.6 Å². The van der Waals surface area contributed by atoms with Crippen LogP contribution in [-0.4, -0.2) is 11.7 Å². The van der Waals surface area contributed by atoms with Crippen LogP contribution in [0.5, 0.6) is 17.2 Å². The Labute approximate surface area is 191 Å². The molecule has 0 saturated heterocycles. The number of ether oxygens (including phenoxy) is 2. The summed E-state index contributed by atoms with van der Waals surface area (Å²) in [6.07, 6.45) is -8.25. The molecule has 0 bridgehead atoms. The lowest BCUT2D eigenvalue weighted by molar-refractivity contribution is -0.138. The smallest absolute Gasteiger partial charge is 0.416 e. The molecule has 0 fully saturated rings. The van der Waals surface area contributed by atoms with Gasteiger partial charge in [-0.1, -0.05) is 37.3 Å². The van der Waals surface area contributed by atoms with Crippen LogP contribution >= 0.6 is 0 Å². The van der Waals surface area contributed by atoms with Gasteiger partial charge in [0.2, 0.25) is 0 Å². The number of hydrogen-bond acceptors (Lipinski definition) is 3. The van der Waals surface area contributed by atoms with E-state index in [4.69, 9.17) is 14.6 Å². The van der Waals surface area contributed by atoms with Crippen molar-refractivity contribution in [3.8, 4) is 17.2 Å². The first-order chi connectivity index (χ1) is 15.9. The molecule has 3 aromatic rings. The Morgan fingerprint density at radius 2 is 1.32 bits per heavy atom. The topological polar surface area (TPSA) is 38.7 Å². The summed E-state index contributed by atoms with van der Waals surface area (Å²) in [5.74, 6) is -1.63. The zero-order valence-corrected chi connectivity index (χ0v) is 17.9. The third kappa shape index (κ3) is 8.17. The van der Waals surface area contributed by atoms with Crippen molar-refractivity contribution in [1.82, 2.24) is 0 Å². The van der Waals surface area contributed by atoms with Crippen LogP contribution in [0.1, 0.15) is 30.0 Å². The van der Waals surface area contributed by atoms with Gasteiger partial charge >= 0.3 is 12.4 Å². The second-order valence-corrected chi connectivity index (χ2v) is 6.95. The molecule has 0 unspecified atom stereocenters. The van der Waals surface area contributed by atoms with Crippen molar-refractivity contribution < 1.29 is 45.3 Å². The summed E-state index contributed by atoms with van der Waals surface area (Å²) in [5.41, 5.74) is -0.879. The highest BCUT2D eigenvalue weighted by Crippen LogP contribution is 2.37. The highest BCUT2D eigenvalue weighted by atomic mass is 19.4. The van der Waals surface area contributed by atoms with Crippen LogP contribution < -0.4 is 9.47 Å². The van der Waals surface area contributed by atoms with Crippen molar-refractivity contribution in [2.45, 2.75) is 32.3 Å². The summed E-state index contributed by atoms with van der Waals surface area (Å²) >= 11 is 0. The first-order valence-corrected chi connectivity index (χ1v) is 9.98. The van der Waals surface area contributed by atoms with E-state index in [0.29, 0.717) is 37.0 Å². The lowest BCUT2D eigenvalue weighted by atomic mass is 10.2. The number of phenols is 1. The van der Waals surface area contributed by atoms with E-state index < -0.39 is 35.0 Å². The zero-order chi connectivity index (χ0) is 25.4. The molecular weight excluding hydrogens is 469 g/mol. The Morgan fingerprint density at radius 1 is 0.735 bits per heavy atom. The van der Waals surface area contributed by atoms with Gasteiger partial charge in [0.15, 0.2) is 23.1 Å². The van der Waals surface area contributed by atoms with Crippen LogP contribution in [-0.2, 0) is 19.0 Å². The molecule has 0 saturated carbocycles. The van der Waals surface area contributed by atoms with Crippen molar-refractivity contribution in [1.29, 1.82) is 0 Å². The second kappa shape index (κ2) is 11.6. The molecule has 0 atom stereocenters. The maximum Gasteiger partial charge on any atom is 0.416 e. The maximum absolute atomic E-state index is 12.8. The van der Waals surface area contributed by atoms with Crippen molar-refractivity contribution >= 4 is 0 Å². The van der Waals surface area contributed by atoms with Crippen LogP contribution in [0, 0.1) is 5.82 Å². The molecule has 34 heavy (non-hydrogen) atoms. The van der Waals surface area contributed by atoms with Crippen LogP contribution in [0.15, 0.2) is 66.7 Å². The summed E-state index contributed by atoms with van der Waals surface area (Å²) in [4.78, 5) is 0. The van der Waals surface area contributed by atoms with Gasteiger partial charge in [-0.2, -0.15) is 26.3 Å². The Bertz CT molecular complexity index is 1050. The zero-order valence-electron chi connectivity index (χ0n) is 17.9. The SMILES string of the molecule is CCCOc1cc(C(F)(F)F)ccc1OCc1ccccc1.Oc1cc(C(F)(F)F)ccc1F. The second-order valence-electron chi connectivity index (χ2n) is 6.95. The normalized spacial score (nSPS) is 11.4. The molecular formula is C24H21F7O3. The third-order valence-corrected chi connectivity index (χ3v) is 4.24. The first-order valence-electron chi connectivity index (χ1n) is 9.98. The number of aromatic hydroxyl groups is 1. The van der Waals surface area contributed by atoms with Gasteiger partial charge in [-0.15, -0.1) is 0 Å². The summed E-state index contributed by atoms with van der Waals surface area (Å²) in [5, 5.41) is 8.59. The minimum absolute atomic E-state index is 0.118. The van der Waals surface area contributed by atoms with Crippen molar-refractivity contribution in [3.63, 3.8) is 0 Å². The standard InChI is InChI=1S/C17H17F3O2.C7H4F4O/c1-2-10-21-16-11-14(17(18,19)20)8-9-15(16)22-12-13-6-4-3-5-7-13;8-5-2-1-4(3-6(5)12)7(9,10)11/h3-9,11H,2,10,12H2,1H3;1-3,12H. The van der Waals surface area contributed by atoms with E-state index in [-0.39, 0.29) is 12.4 Å². The molecule has 0 aliphatic carbocycles. The molecule has 0 radical (unpaired) electrons. The Balaban J connectivity index is 0.000000287. The van der Waals surface area contributed by atoms with Crippen LogP contribution in [0.3, 0.4) is 0 Å². The predicted molar refractivity (Wildman–Crippen MR) is 111 cm³/mol. The van der Waals surface area contributed by atoms with Crippen LogP contribution in [0.2, 0.25) is 0 Å². The molecule has 0 spiro atoms. The minimum Gasteiger partial charge on any atom is -0.505 e. The van der Waals surface area contributed by atoms with E-state index in [0.717, 1.165) is 17.7 Å². The largest absolute Gasteiger partial charge is 0.505 e. The fourth-order valence-electron chi connectivity index (χ4n) is 2.55. The highest BCUT2D eigenvalue weighted by molar-refractivity contribution is 5.44. The quantitative estimate of drug-likeness (QED) is 0.361. The number of benzene rings is 3. The molecule has 0 heterocycles. The molecule has 0 aliphatic heterocycles. The number of phenolic OH excluding ortho intramolecular Hbond substituents is 1. The molecule has 0 amide bonds. The van der Waals surface area contributed by atoms with Crippen molar-refractivity contribution in [2.24, 2.45) is 0 Å². The van der Waals surface area contributed by atoms with Gasteiger partial charge in [0.05, 0.1) is 17.7 Å². The van der Waals surface area contributed by atoms with Gasteiger partial charge in [0.1, 0.15) is 6.61 Å². The van der Waals surface area contributed by atoms with Crippen molar-refractivity contribution in [3.05, 3.63) is 89.2 Å². The average Bonchev–Trinajstić information content (AvgIpc) is 2.78. The molecule has 3 nitrogen and oxygen atoms in total. The number of rotatable bonds is 6. The lowest BCUT2D eigenvalue weighted by Gasteiger charge is -2.15. The molecule has 3 aromatic carbocycles. The Morgan fingerprint density at radius 3 is 1.88 bits per heavy atom. The maximum atomic E-state index is 12.8. The van der Waals surface area contributed by atoms with Gasteiger partial charge in [-0.25, -0.2) is 4.39 Å². The van der Waals surface area contributed by atoms with Crippen LogP contribution in [0.4, 0.5) is 30.7 Å². The monoisotopic (exact) mass is 490 g/mol. The summed E-state index contributed by atoms with van der Waals surface area (Å²) < 4.78 is 97.2. The van der Waals surface area contributed by atoms with Gasteiger partial charge in [-0.3, -0.25) is 0 Å². The van der Waals surface area contributed by atoms with E-state index >= 15 is 0 Å². The van der Waals surface area contributed by atoms with E-state index in [1.807, 2.05) is 37.3 Å². The first kappa shape index (κ1) is 26.8. The third-order valence-electron chi connectivity index (χ3n) is 4.24. The summed E-state index contributed by atoms with van der Waals surface area (Å²) in [6, 6.07) is 14.2. The molecule has 1 N–H and O–H groups in total. The van der Waals surface area contributed by atoms with Gasteiger partial charge in [0, 0.05) is 0 Å². The van der Waals surface area contributed by atoms with Crippen LogP contribution in [0.25, 0.3) is 0 Å². The minimum atomic E-state index is -4.55. The summed E-state index contributed by atoms with van der Waals surface area (Å²) in [6.45, 7) is 2.50. The highest BCUT2D eigenvalue weighted by Gasteiger charge is 2.32. The molecule has 0 aliphatic rings. The fraction of sp³-hybridized carbons (Fsp3) is 0.250. The molecule has 10 heteroatoms. The predicted octanol–water partition coefficient (Wildman–Crippen LogP) is 7.62. The lowest BCUT2D eigenvalue weighted by Crippen LogP contribution is -2.07. The Hall–Kier alpha value is -3.43. The fourth-order valence-corrected chi connectivity index (χ4v) is 2.55. The molecule has 0 aromatic heterocycles. The number of hydrogen-bond donors (Lipinski definition) is 1. The van der Waals surface area contributed by atoms with Gasteiger partial charge in [-0.05, 0) is 48.4 Å². The van der Waals surface area contributed by atoms with E-state index in [1.165, 1.54) is 6.07 Å². The van der Waals surface area contributed by atoms with E-state index in [2.05, 4.69) is 0 Å².